The summed E-state index contributed by atoms with van der Waals surface area (Å²) in [7, 11) is 0. The van der Waals surface area contributed by atoms with Crippen LogP contribution >= 0.6 is 0 Å². The van der Waals surface area contributed by atoms with Crippen LogP contribution in [0.4, 0.5) is 5.82 Å². The van der Waals surface area contributed by atoms with Crippen LogP contribution in [-0.4, -0.2) is 40.8 Å². The first-order chi connectivity index (χ1) is 12.3. The van der Waals surface area contributed by atoms with Crippen LogP contribution in [-0.2, 0) is 11.2 Å². The van der Waals surface area contributed by atoms with E-state index in [2.05, 4.69) is 34.8 Å². The number of hydrogen-bond donors (Lipinski definition) is 0. The molecule has 5 nitrogen and oxygen atoms in total. The van der Waals surface area contributed by atoms with Gasteiger partial charge in [-0.05, 0) is 44.2 Å². The number of nitrogens with zero attached hydrogens (tertiary/aromatic N) is 4. The Labute approximate surface area is 150 Å². The highest BCUT2D eigenvalue weighted by Gasteiger charge is 2.19. The topological polar surface area (TPSA) is 51.1 Å². The maximum atomic E-state index is 5.96. The Morgan fingerprint density at radius 2 is 2.08 bits per heavy atom. The molecule has 0 bridgehead atoms. The third-order valence-corrected chi connectivity index (χ3v) is 4.58. The lowest BCUT2D eigenvalue weighted by atomic mass is 10.2. The smallest absolute Gasteiger partial charge is 0.180 e. The van der Waals surface area contributed by atoms with Crippen molar-refractivity contribution in [1.82, 2.24) is 15.0 Å². The molecule has 1 aliphatic rings. The second-order valence-electron chi connectivity index (χ2n) is 6.52. The lowest BCUT2D eigenvalue weighted by Crippen LogP contribution is -2.26. The van der Waals surface area contributed by atoms with Crippen molar-refractivity contribution < 1.29 is 4.74 Å². The third kappa shape index (κ3) is 4.75. The Balaban J connectivity index is 1.79. The molecule has 1 atom stereocenters. The van der Waals surface area contributed by atoms with E-state index in [9.17, 15) is 0 Å². The van der Waals surface area contributed by atoms with Crippen molar-refractivity contribution in [3.8, 4) is 11.5 Å². The maximum absolute atomic E-state index is 5.96. The number of anilines is 1. The van der Waals surface area contributed by atoms with Crippen LogP contribution in [0, 0.1) is 0 Å². The molecule has 25 heavy (non-hydrogen) atoms. The largest absolute Gasteiger partial charge is 0.378 e. The van der Waals surface area contributed by atoms with Gasteiger partial charge in [0.25, 0.3) is 0 Å². The minimum atomic E-state index is 0.382. The van der Waals surface area contributed by atoms with E-state index in [4.69, 9.17) is 9.72 Å². The van der Waals surface area contributed by atoms with Crippen LogP contribution in [0.3, 0.4) is 0 Å². The summed E-state index contributed by atoms with van der Waals surface area (Å²) in [5.41, 5.74) is 1.90. The fourth-order valence-corrected chi connectivity index (χ4v) is 3.18. The summed E-state index contributed by atoms with van der Waals surface area (Å²) in [6.07, 6.45) is 7.48. The first-order valence-electron chi connectivity index (χ1n) is 9.46. The normalized spacial score (nSPS) is 18.2. The van der Waals surface area contributed by atoms with Crippen LogP contribution < -0.4 is 4.90 Å². The Hall–Kier alpha value is -2.01. The van der Waals surface area contributed by atoms with Gasteiger partial charge in [0.2, 0.25) is 0 Å². The molecule has 1 unspecified atom stereocenters. The van der Waals surface area contributed by atoms with Crippen molar-refractivity contribution in [3.63, 3.8) is 0 Å². The SMILES string of the molecule is CCCOC1CCCN(c2cc(CC)nc(-c3ccccn3)n2)CC1. The molecule has 1 saturated heterocycles. The minimum absolute atomic E-state index is 0.382. The van der Waals surface area contributed by atoms with Gasteiger partial charge in [0.05, 0.1) is 6.10 Å². The molecule has 2 aromatic rings. The molecule has 0 spiro atoms. The highest BCUT2D eigenvalue weighted by atomic mass is 16.5. The van der Waals surface area contributed by atoms with Crippen LogP contribution in [0.1, 0.15) is 45.2 Å². The van der Waals surface area contributed by atoms with Gasteiger partial charge in [-0.25, -0.2) is 9.97 Å². The number of rotatable bonds is 6. The summed E-state index contributed by atoms with van der Waals surface area (Å²) >= 11 is 0. The van der Waals surface area contributed by atoms with Gasteiger partial charge in [0.1, 0.15) is 11.5 Å². The molecule has 1 aliphatic heterocycles. The zero-order valence-corrected chi connectivity index (χ0v) is 15.3. The van der Waals surface area contributed by atoms with Crippen LogP contribution in [0.2, 0.25) is 0 Å². The zero-order valence-electron chi connectivity index (χ0n) is 15.3. The third-order valence-electron chi connectivity index (χ3n) is 4.58. The number of pyridine rings is 1. The van der Waals surface area contributed by atoms with Crippen molar-refractivity contribution in [2.24, 2.45) is 0 Å². The monoisotopic (exact) mass is 340 g/mol. The molecule has 0 aromatic carbocycles. The summed E-state index contributed by atoms with van der Waals surface area (Å²) < 4.78 is 5.96. The van der Waals surface area contributed by atoms with Crippen molar-refractivity contribution in [2.45, 2.75) is 52.1 Å². The number of hydrogen-bond acceptors (Lipinski definition) is 5. The Bertz CT molecular complexity index is 662. The molecule has 3 heterocycles. The summed E-state index contributed by atoms with van der Waals surface area (Å²) in [6, 6.07) is 7.99. The molecule has 0 amide bonds. The molecular weight excluding hydrogens is 312 g/mol. The molecule has 1 fully saturated rings. The summed E-state index contributed by atoms with van der Waals surface area (Å²) in [4.78, 5) is 16.3. The summed E-state index contributed by atoms with van der Waals surface area (Å²) in [5, 5.41) is 0. The van der Waals surface area contributed by atoms with Gasteiger partial charge in [-0.1, -0.05) is 19.9 Å². The fraction of sp³-hybridized carbons (Fsp3) is 0.550. The highest BCUT2D eigenvalue weighted by Crippen LogP contribution is 2.23. The maximum Gasteiger partial charge on any atom is 0.180 e. The zero-order chi connectivity index (χ0) is 17.5. The Morgan fingerprint density at radius 3 is 2.84 bits per heavy atom. The van der Waals surface area contributed by atoms with E-state index in [1.165, 1.54) is 0 Å². The van der Waals surface area contributed by atoms with E-state index >= 15 is 0 Å². The summed E-state index contributed by atoms with van der Waals surface area (Å²) in [5.74, 6) is 1.74. The van der Waals surface area contributed by atoms with Gasteiger partial charge >= 0.3 is 0 Å². The Kier molecular flexibility index (Phi) is 6.34. The van der Waals surface area contributed by atoms with Crippen molar-refractivity contribution >= 4 is 5.82 Å². The highest BCUT2D eigenvalue weighted by molar-refractivity contribution is 5.53. The van der Waals surface area contributed by atoms with Crippen LogP contribution in [0.25, 0.3) is 11.5 Å². The van der Waals surface area contributed by atoms with Crippen LogP contribution in [0.15, 0.2) is 30.5 Å². The molecule has 0 aliphatic carbocycles. The summed E-state index contributed by atoms with van der Waals surface area (Å²) in [6.45, 7) is 7.16. The molecular formula is C20H28N4O. The molecule has 134 valence electrons. The molecule has 3 rings (SSSR count). The van der Waals surface area contributed by atoms with Gasteiger partial charge in [0.15, 0.2) is 5.82 Å². The molecule has 5 heteroatoms. The Morgan fingerprint density at radius 1 is 1.16 bits per heavy atom. The van der Waals surface area contributed by atoms with Gasteiger partial charge in [-0.2, -0.15) is 0 Å². The van der Waals surface area contributed by atoms with Crippen molar-refractivity contribution in [2.75, 3.05) is 24.6 Å². The second kappa shape index (κ2) is 8.90. The van der Waals surface area contributed by atoms with Gasteiger partial charge < -0.3 is 9.64 Å². The average molecular weight is 340 g/mol. The predicted molar refractivity (Wildman–Crippen MR) is 101 cm³/mol. The van der Waals surface area contributed by atoms with E-state index in [1.807, 2.05) is 18.2 Å². The first-order valence-corrected chi connectivity index (χ1v) is 9.46. The van der Waals surface area contributed by atoms with E-state index in [1.54, 1.807) is 6.20 Å². The van der Waals surface area contributed by atoms with E-state index in [-0.39, 0.29) is 0 Å². The van der Waals surface area contributed by atoms with Gasteiger partial charge in [0, 0.05) is 37.7 Å². The van der Waals surface area contributed by atoms with Crippen molar-refractivity contribution in [3.05, 3.63) is 36.2 Å². The first kappa shape index (κ1) is 17.8. The lowest BCUT2D eigenvalue weighted by Gasteiger charge is -2.22. The molecule has 2 aromatic heterocycles. The molecule has 0 radical (unpaired) electrons. The minimum Gasteiger partial charge on any atom is -0.378 e. The predicted octanol–water partition coefficient (Wildman–Crippen LogP) is 3.89. The second-order valence-corrected chi connectivity index (χ2v) is 6.52. The van der Waals surface area contributed by atoms with Crippen LogP contribution in [0.5, 0.6) is 0 Å². The van der Waals surface area contributed by atoms with E-state index < -0.39 is 0 Å². The number of ether oxygens (including phenoxy) is 1. The number of aromatic nitrogens is 3. The van der Waals surface area contributed by atoms with Gasteiger partial charge in [-0.15, -0.1) is 0 Å². The van der Waals surface area contributed by atoms with Gasteiger partial charge in [-0.3, -0.25) is 4.98 Å². The lowest BCUT2D eigenvalue weighted by molar-refractivity contribution is 0.0461. The number of aryl methyl sites for hydroxylation is 1. The molecule has 0 N–H and O–H groups in total. The van der Waals surface area contributed by atoms with E-state index in [0.717, 1.165) is 74.8 Å². The van der Waals surface area contributed by atoms with Crippen molar-refractivity contribution in [1.29, 1.82) is 0 Å². The standard InChI is InChI=1S/C20H28N4O/c1-3-14-25-17-8-7-12-24(13-10-17)19-15-16(4-2)22-20(23-19)18-9-5-6-11-21-18/h5-6,9,11,15,17H,3-4,7-8,10,12-14H2,1-2H3. The quantitative estimate of drug-likeness (QED) is 0.798. The molecule has 0 saturated carbocycles. The fourth-order valence-electron chi connectivity index (χ4n) is 3.18. The van der Waals surface area contributed by atoms with E-state index in [0.29, 0.717) is 6.10 Å². The average Bonchev–Trinajstić information content (AvgIpc) is 2.92.